The SMILES string of the molecule is CC=C/C=C(\CC)C(=O)C(C(=N)c1ccc(Cl)cc1)C(O)c1cccnc1. The smallest absolute Gasteiger partial charge is 0.170 e. The van der Waals surface area contributed by atoms with Gasteiger partial charge in [-0.3, -0.25) is 9.78 Å². The first kappa shape index (κ1) is 20.7. The molecule has 0 saturated carbocycles. The van der Waals surface area contributed by atoms with Gasteiger partial charge >= 0.3 is 0 Å². The number of ketones is 1. The lowest BCUT2D eigenvalue weighted by atomic mass is 9.82. The molecule has 27 heavy (non-hydrogen) atoms. The Morgan fingerprint density at radius 1 is 1.30 bits per heavy atom. The van der Waals surface area contributed by atoms with Crippen molar-refractivity contribution in [1.82, 2.24) is 4.98 Å². The van der Waals surface area contributed by atoms with Crippen molar-refractivity contribution in [3.63, 3.8) is 0 Å². The Morgan fingerprint density at radius 2 is 2.00 bits per heavy atom. The predicted molar refractivity (Wildman–Crippen MR) is 109 cm³/mol. The predicted octanol–water partition coefficient (Wildman–Crippen LogP) is 4.93. The normalized spacial score (nSPS) is 14.1. The van der Waals surface area contributed by atoms with Crippen molar-refractivity contribution in [1.29, 1.82) is 5.41 Å². The van der Waals surface area contributed by atoms with E-state index < -0.39 is 12.0 Å². The number of hydrogen-bond acceptors (Lipinski definition) is 4. The van der Waals surface area contributed by atoms with Gasteiger partial charge in [0.2, 0.25) is 0 Å². The fraction of sp³-hybridized carbons (Fsp3) is 0.227. The highest BCUT2D eigenvalue weighted by molar-refractivity contribution is 6.30. The fourth-order valence-corrected chi connectivity index (χ4v) is 2.90. The Balaban J connectivity index is 2.49. The molecule has 2 N–H and O–H groups in total. The first-order valence-corrected chi connectivity index (χ1v) is 9.15. The zero-order chi connectivity index (χ0) is 19.8. The van der Waals surface area contributed by atoms with E-state index in [9.17, 15) is 9.90 Å². The number of nitrogens with zero attached hydrogens (tertiary/aromatic N) is 1. The van der Waals surface area contributed by atoms with Crippen LogP contribution in [0.15, 0.2) is 72.6 Å². The van der Waals surface area contributed by atoms with Crippen LogP contribution in [0.3, 0.4) is 0 Å². The van der Waals surface area contributed by atoms with E-state index in [1.807, 2.05) is 19.9 Å². The maximum atomic E-state index is 13.2. The minimum absolute atomic E-state index is 0.0489. The van der Waals surface area contributed by atoms with Crippen LogP contribution >= 0.6 is 11.6 Å². The van der Waals surface area contributed by atoms with E-state index in [1.165, 1.54) is 6.20 Å². The number of aromatic nitrogens is 1. The summed E-state index contributed by atoms with van der Waals surface area (Å²) in [6.07, 6.45) is 7.81. The van der Waals surface area contributed by atoms with Gasteiger partial charge in [0.15, 0.2) is 5.78 Å². The molecule has 2 rings (SSSR count). The Kier molecular flexibility index (Phi) is 7.65. The molecule has 1 aromatic heterocycles. The summed E-state index contributed by atoms with van der Waals surface area (Å²) in [6, 6.07) is 10.1. The second-order valence-corrected chi connectivity index (χ2v) is 6.50. The van der Waals surface area contributed by atoms with Crippen molar-refractivity contribution < 1.29 is 9.90 Å². The van der Waals surface area contributed by atoms with E-state index in [2.05, 4.69) is 4.98 Å². The minimum Gasteiger partial charge on any atom is -0.387 e. The van der Waals surface area contributed by atoms with Gasteiger partial charge in [0.1, 0.15) is 0 Å². The van der Waals surface area contributed by atoms with Gasteiger partial charge in [-0.1, -0.05) is 55.0 Å². The molecule has 0 radical (unpaired) electrons. The molecule has 2 unspecified atom stereocenters. The van der Waals surface area contributed by atoms with Gasteiger partial charge in [0, 0.05) is 17.4 Å². The van der Waals surface area contributed by atoms with Crippen LogP contribution in [0, 0.1) is 11.3 Å². The largest absolute Gasteiger partial charge is 0.387 e. The lowest BCUT2D eigenvalue weighted by Crippen LogP contribution is -2.31. The molecule has 2 atom stereocenters. The number of benzene rings is 1. The maximum Gasteiger partial charge on any atom is 0.170 e. The summed E-state index contributed by atoms with van der Waals surface area (Å²) in [5.74, 6) is -1.31. The quantitative estimate of drug-likeness (QED) is 0.386. The number of allylic oxidation sites excluding steroid dienone is 4. The molecule has 4 nitrogen and oxygen atoms in total. The van der Waals surface area contributed by atoms with E-state index in [4.69, 9.17) is 17.0 Å². The summed E-state index contributed by atoms with van der Waals surface area (Å²) in [5, 5.41) is 20.1. The third kappa shape index (κ3) is 5.22. The van der Waals surface area contributed by atoms with E-state index in [0.717, 1.165) is 0 Å². The number of halogens is 1. The molecule has 1 heterocycles. The van der Waals surface area contributed by atoms with Crippen molar-refractivity contribution in [2.24, 2.45) is 5.92 Å². The number of carbonyl (C=O) groups is 1. The van der Waals surface area contributed by atoms with Crippen LogP contribution in [0.25, 0.3) is 0 Å². The lowest BCUT2D eigenvalue weighted by molar-refractivity contribution is -0.120. The highest BCUT2D eigenvalue weighted by Gasteiger charge is 2.34. The van der Waals surface area contributed by atoms with E-state index in [-0.39, 0.29) is 11.5 Å². The number of aliphatic hydroxyl groups is 1. The summed E-state index contributed by atoms with van der Waals surface area (Å²) >= 11 is 5.94. The molecule has 0 aliphatic rings. The fourth-order valence-electron chi connectivity index (χ4n) is 2.77. The summed E-state index contributed by atoms with van der Waals surface area (Å²) in [5.41, 5.74) is 1.64. The first-order valence-electron chi connectivity index (χ1n) is 8.78. The summed E-state index contributed by atoms with van der Waals surface area (Å²) in [7, 11) is 0. The zero-order valence-corrected chi connectivity index (χ0v) is 16.1. The lowest BCUT2D eigenvalue weighted by Gasteiger charge is -2.24. The topological polar surface area (TPSA) is 74.0 Å². The zero-order valence-electron chi connectivity index (χ0n) is 15.4. The van der Waals surface area contributed by atoms with E-state index in [1.54, 1.807) is 54.7 Å². The van der Waals surface area contributed by atoms with Crippen LogP contribution in [-0.4, -0.2) is 21.6 Å². The van der Waals surface area contributed by atoms with Crippen molar-refractivity contribution >= 4 is 23.1 Å². The molecular weight excluding hydrogens is 360 g/mol. The molecule has 0 aliphatic carbocycles. The van der Waals surface area contributed by atoms with Crippen LogP contribution in [0.2, 0.25) is 5.02 Å². The number of Topliss-reactive ketones (excluding diaryl/α,β-unsaturated/α-hetero) is 1. The highest BCUT2D eigenvalue weighted by Crippen LogP contribution is 2.29. The van der Waals surface area contributed by atoms with Crippen molar-refractivity contribution in [3.8, 4) is 0 Å². The van der Waals surface area contributed by atoms with Gasteiger partial charge in [-0.15, -0.1) is 0 Å². The van der Waals surface area contributed by atoms with Crippen LogP contribution in [0.1, 0.15) is 37.5 Å². The number of nitrogens with one attached hydrogen (secondary N) is 1. The number of rotatable bonds is 8. The average Bonchev–Trinajstić information content (AvgIpc) is 2.69. The van der Waals surface area contributed by atoms with Crippen molar-refractivity contribution in [2.45, 2.75) is 26.4 Å². The molecular formula is C22H23ClN2O2. The highest BCUT2D eigenvalue weighted by atomic mass is 35.5. The molecule has 0 spiro atoms. The molecule has 2 aromatic rings. The summed E-state index contributed by atoms with van der Waals surface area (Å²) in [4.78, 5) is 17.2. The molecule has 0 aliphatic heterocycles. The monoisotopic (exact) mass is 382 g/mol. The molecule has 0 amide bonds. The van der Waals surface area contributed by atoms with Crippen molar-refractivity contribution in [3.05, 3.63) is 88.7 Å². The Labute approximate surface area is 164 Å². The standard InChI is InChI=1S/C22H23ClN2O2/c1-3-5-7-15(4-2)21(26)19(22(27)17-8-6-13-25-14-17)20(24)16-9-11-18(23)12-10-16/h3,5-14,19,22,24,27H,4H2,1-2H3/b5-3?,15-7+,24-20?. The summed E-state index contributed by atoms with van der Waals surface area (Å²) < 4.78 is 0. The third-order valence-electron chi connectivity index (χ3n) is 4.28. The summed E-state index contributed by atoms with van der Waals surface area (Å²) in [6.45, 7) is 3.75. The van der Waals surface area contributed by atoms with Gasteiger partial charge in [-0.05, 0) is 48.2 Å². The molecule has 140 valence electrons. The van der Waals surface area contributed by atoms with Gasteiger partial charge in [0.05, 0.1) is 17.7 Å². The van der Waals surface area contributed by atoms with Gasteiger partial charge < -0.3 is 10.5 Å². The molecule has 0 fully saturated rings. The molecule has 1 aromatic carbocycles. The van der Waals surface area contributed by atoms with Crippen LogP contribution in [0.5, 0.6) is 0 Å². The van der Waals surface area contributed by atoms with Crippen LogP contribution < -0.4 is 0 Å². The first-order chi connectivity index (χ1) is 13.0. The molecule has 0 bridgehead atoms. The van der Waals surface area contributed by atoms with Gasteiger partial charge in [0.25, 0.3) is 0 Å². The van der Waals surface area contributed by atoms with Gasteiger partial charge in [-0.2, -0.15) is 0 Å². The number of hydrogen-bond donors (Lipinski definition) is 2. The van der Waals surface area contributed by atoms with Crippen molar-refractivity contribution in [2.75, 3.05) is 0 Å². The van der Waals surface area contributed by atoms with Crippen LogP contribution in [-0.2, 0) is 4.79 Å². The third-order valence-corrected chi connectivity index (χ3v) is 4.53. The Hall–Kier alpha value is -2.56. The second kappa shape index (κ2) is 9.95. The van der Waals surface area contributed by atoms with E-state index in [0.29, 0.717) is 28.1 Å². The van der Waals surface area contributed by atoms with E-state index >= 15 is 0 Å². The Morgan fingerprint density at radius 3 is 2.56 bits per heavy atom. The number of pyridine rings is 1. The number of aliphatic hydroxyl groups excluding tert-OH is 1. The minimum atomic E-state index is -1.17. The maximum absolute atomic E-state index is 13.2. The second-order valence-electron chi connectivity index (χ2n) is 6.06. The van der Waals surface area contributed by atoms with Crippen LogP contribution in [0.4, 0.5) is 0 Å². The average molecular weight is 383 g/mol. The molecule has 5 heteroatoms. The Bertz CT molecular complexity index is 842. The van der Waals surface area contributed by atoms with Gasteiger partial charge in [-0.25, -0.2) is 0 Å². The molecule has 0 saturated heterocycles. The number of carbonyl (C=O) groups excluding carboxylic acids is 1.